The smallest absolute Gasteiger partial charge is 0.0907 e. The standard InChI is InChI=1S/C8H10N4/c1-12-8-6(5-11-12)2-3-10-7(8)4-9/h2-3,5H,4,9H2,1H3. The van der Waals surface area contributed by atoms with Crippen LogP contribution in [0.4, 0.5) is 0 Å². The first-order valence-electron chi connectivity index (χ1n) is 3.78. The van der Waals surface area contributed by atoms with Crippen molar-refractivity contribution in [3.05, 3.63) is 24.2 Å². The zero-order valence-electron chi connectivity index (χ0n) is 6.86. The SMILES string of the molecule is Cn1ncc2ccnc(CN)c21. The Morgan fingerprint density at radius 2 is 2.42 bits per heavy atom. The molecule has 0 unspecified atom stereocenters. The average Bonchev–Trinajstić information content (AvgIpc) is 2.48. The van der Waals surface area contributed by atoms with Crippen molar-refractivity contribution in [3.63, 3.8) is 0 Å². The van der Waals surface area contributed by atoms with Gasteiger partial charge in [0.25, 0.3) is 0 Å². The van der Waals surface area contributed by atoms with E-state index in [2.05, 4.69) is 10.1 Å². The minimum absolute atomic E-state index is 0.455. The normalized spacial score (nSPS) is 10.8. The van der Waals surface area contributed by atoms with Crippen LogP contribution < -0.4 is 5.73 Å². The molecule has 12 heavy (non-hydrogen) atoms. The van der Waals surface area contributed by atoms with Crippen molar-refractivity contribution >= 4 is 10.9 Å². The maximum absolute atomic E-state index is 5.54. The van der Waals surface area contributed by atoms with Crippen LogP contribution in [0.5, 0.6) is 0 Å². The van der Waals surface area contributed by atoms with Crippen LogP contribution in [-0.2, 0) is 13.6 Å². The van der Waals surface area contributed by atoms with Crippen LogP contribution in [0.1, 0.15) is 5.69 Å². The highest BCUT2D eigenvalue weighted by Crippen LogP contribution is 2.14. The molecule has 0 spiro atoms. The van der Waals surface area contributed by atoms with Gasteiger partial charge in [-0.25, -0.2) is 0 Å². The van der Waals surface area contributed by atoms with Crippen molar-refractivity contribution in [1.82, 2.24) is 14.8 Å². The molecule has 0 aliphatic carbocycles. The molecule has 2 heterocycles. The lowest BCUT2D eigenvalue weighted by Gasteiger charge is -1.99. The zero-order chi connectivity index (χ0) is 8.55. The fraction of sp³-hybridized carbons (Fsp3) is 0.250. The highest BCUT2D eigenvalue weighted by Gasteiger charge is 2.03. The van der Waals surface area contributed by atoms with Gasteiger partial charge in [-0.15, -0.1) is 0 Å². The zero-order valence-corrected chi connectivity index (χ0v) is 6.86. The van der Waals surface area contributed by atoms with E-state index in [9.17, 15) is 0 Å². The van der Waals surface area contributed by atoms with Gasteiger partial charge in [0, 0.05) is 25.2 Å². The first-order chi connectivity index (χ1) is 5.83. The van der Waals surface area contributed by atoms with Gasteiger partial charge < -0.3 is 5.73 Å². The summed E-state index contributed by atoms with van der Waals surface area (Å²) in [6, 6.07) is 1.93. The van der Waals surface area contributed by atoms with E-state index in [1.54, 1.807) is 10.9 Å². The van der Waals surface area contributed by atoms with Crippen LogP contribution in [0.15, 0.2) is 18.5 Å². The second-order valence-electron chi connectivity index (χ2n) is 2.67. The van der Waals surface area contributed by atoms with Gasteiger partial charge in [0.1, 0.15) is 0 Å². The number of pyridine rings is 1. The van der Waals surface area contributed by atoms with Crippen molar-refractivity contribution in [2.24, 2.45) is 12.8 Å². The molecular weight excluding hydrogens is 152 g/mol. The van der Waals surface area contributed by atoms with Gasteiger partial charge in [-0.05, 0) is 6.07 Å². The predicted molar refractivity (Wildman–Crippen MR) is 46.4 cm³/mol. The van der Waals surface area contributed by atoms with E-state index in [1.807, 2.05) is 19.3 Å². The summed E-state index contributed by atoms with van der Waals surface area (Å²) in [6.45, 7) is 0.455. The lowest BCUT2D eigenvalue weighted by molar-refractivity contribution is 0.787. The largest absolute Gasteiger partial charge is 0.325 e. The van der Waals surface area contributed by atoms with Crippen LogP contribution in [-0.4, -0.2) is 14.8 Å². The number of rotatable bonds is 1. The highest BCUT2D eigenvalue weighted by molar-refractivity contribution is 5.80. The Morgan fingerprint density at radius 3 is 3.17 bits per heavy atom. The number of nitrogens with zero attached hydrogens (tertiary/aromatic N) is 3. The summed E-state index contributed by atoms with van der Waals surface area (Å²) in [5, 5.41) is 5.22. The lowest BCUT2D eigenvalue weighted by atomic mass is 10.2. The fourth-order valence-corrected chi connectivity index (χ4v) is 1.35. The van der Waals surface area contributed by atoms with Crippen LogP contribution >= 0.6 is 0 Å². The molecule has 0 bridgehead atoms. The Kier molecular flexibility index (Phi) is 1.55. The van der Waals surface area contributed by atoms with Gasteiger partial charge in [-0.3, -0.25) is 9.67 Å². The van der Waals surface area contributed by atoms with Crippen LogP contribution in [0.25, 0.3) is 10.9 Å². The minimum atomic E-state index is 0.455. The van der Waals surface area contributed by atoms with E-state index < -0.39 is 0 Å². The predicted octanol–water partition coefficient (Wildman–Crippen LogP) is 0.427. The number of aromatic nitrogens is 3. The second-order valence-corrected chi connectivity index (χ2v) is 2.67. The van der Waals surface area contributed by atoms with Crippen molar-refractivity contribution < 1.29 is 0 Å². The first-order valence-corrected chi connectivity index (χ1v) is 3.78. The summed E-state index contributed by atoms with van der Waals surface area (Å²) in [7, 11) is 1.89. The number of aryl methyl sites for hydroxylation is 1. The topological polar surface area (TPSA) is 56.7 Å². The summed E-state index contributed by atoms with van der Waals surface area (Å²) in [5.41, 5.74) is 7.46. The van der Waals surface area contributed by atoms with E-state index in [1.165, 1.54) is 0 Å². The Balaban J connectivity index is 2.84. The Labute approximate surface area is 70.0 Å². The van der Waals surface area contributed by atoms with Gasteiger partial charge in [-0.2, -0.15) is 5.10 Å². The maximum atomic E-state index is 5.54. The maximum Gasteiger partial charge on any atom is 0.0907 e. The number of nitrogens with two attached hydrogens (primary N) is 1. The van der Waals surface area contributed by atoms with Crippen molar-refractivity contribution in [1.29, 1.82) is 0 Å². The molecule has 0 saturated carbocycles. The Bertz CT molecular complexity index is 404. The van der Waals surface area contributed by atoms with Gasteiger partial charge in [0.15, 0.2) is 0 Å². The molecule has 0 fully saturated rings. The fourth-order valence-electron chi connectivity index (χ4n) is 1.35. The molecule has 4 heteroatoms. The van der Waals surface area contributed by atoms with Gasteiger partial charge in [-0.1, -0.05) is 0 Å². The third kappa shape index (κ3) is 0.887. The van der Waals surface area contributed by atoms with Gasteiger partial charge in [0.05, 0.1) is 17.4 Å². The Hall–Kier alpha value is -1.42. The van der Waals surface area contributed by atoms with E-state index in [4.69, 9.17) is 5.73 Å². The average molecular weight is 162 g/mol. The lowest BCUT2D eigenvalue weighted by Crippen LogP contribution is -2.02. The minimum Gasteiger partial charge on any atom is -0.325 e. The molecule has 0 atom stereocenters. The third-order valence-electron chi connectivity index (χ3n) is 1.92. The van der Waals surface area contributed by atoms with Crippen LogP contribution in [0.2, 0.25) is 0 Å². The van der Waals surface area contributed by atoms with E-state index in [0.717, 1.165) is 16.6 Å². The molecule has 2 N–H and O–H groups in total. The van der Waals surface area contributed by atoms with Crippen LogP contribution in [0, 0.1) is 0 Å². The molecule has 0 radical (unpaired) electrons. The summed E-state index contributed by atoms with van der Waals surface area (Å²) in [6.07, 6.45) is 3.57. The molecule has 0 saturated heterocycles. The van der Waals surface area contributed by atoms with E-state index in [0.29, 0.717) is 6.54 Å². The van der Waals surface area contributed by atoms with Crippen LogP contribution in [0.3, 0.4) is 0 Å². The van der Waals surface area contributed by atoms with Gasteiger partial charge >= 0.3 is 0 Å². The van der Waals surface area contributed by atoms with E-state index in [-0.39, 0.29) is 0 Å². The molecule has 0 aliphatic heterocycles. The molecule has 2 rings (SSSR count). The quantitative estimate of drug-likeness (QED) is 0.661. The summed E-state index contributed by atoms with van der Waals surface area (Å²) in [4.78, 5) is 4.17. The third-order valence-corrected chi connectivity index (χ3v) is 1.92. The number of hydrogen-bond acceptors (Lipinski definition) is 3. The number of hydrogen-bond donors (Lipinski definition) is 1. The monoisotopic (exact) mass is 162 g/mol. The highest BCUT2D eigenvalue weighted by atomic mass is 15.3. The molecule has 4 nitrogen and oxygen atoms in total. The van der Waals surface area contributed by atoms with Gasteiger partial charge in [0.2, 0.25) is 0 Å². The second kappa shape index (κ2) is 2.57. The van der Waals surface area contributed by atoms with Crippen molar-refractivity contribution in [2.75, 3.05) is 0 Å². The summed E-state index contributed by atoms with van der Waals surface area (Å²) in [5.74, 6) is 0. The first kappa shape index (κ1) is 7.24. The molecule has 2 aromatic rings. The summed E-state index contributed by atoms with van der Waals surface area (Å²) >= 11 is 0. The molecule has 2 aromatic heterocycles. The molecule has 0 aromatic carbocycles. The molecule has 0 aliphatic rings. The molecule has 0 amide bonds. The molecule has 62 valence electrons. The van der Waals surface area contributed by atoms with Crippen molar-refractivity contribution in [3.8, 4) is 0 Å². The summed E-state index contributed by atoms with van der Waals surface area (Å²) < 4.78 is 1.80. The Morgan fingerprint density at radius 1 is 1.58 bits per heavy atom. The molecular formula is C8H10N4. The van der Waals surface area contributed by atoms with Crippen molar-refractivity contribution in [2.45, 2.75) is 6.54 Å². The number of fused-ring (bicyclic) bond motifs is 1. The van der Waals surface area contributed by atoms with E-state index >= 15 is 0 Å².